The van der Waals surface area contributed by atoms with E-state index in [0.717, 1.165) is 44.1 Å². The molecule has 3 N–H and O–H groups in total. The molecule has 2 atom stereocenters. The second-order valence-electron chi connectivity index (χ2n) is 10.9. The average Bonchev–Trinajstić information content (AvgIpc) is 2.83. The lowest BCUT2D eigenvalue weighted by molar-refractivity contribution is -0.124. The van der Waals surface area contributed by atoms with Gasteiger partial charge in [-0.05, 0) is 62.8 Å². The van der Waals surface area contributed by atoms with Gasteiger partial charge in [-0.25, -0.2) is 9.97 Å². The van der Waals surface area contributed by atoms with Gasteiger partial charge in [0.05, 0.1) is 18.0 Å². The van der Waals surface area contributed by atoms with Crippen LogP contribution in [0.3, 0.4) is 0 Å². The second-order valence-corrected chi connectivity index (χ2v) is 11.7. The van der Waals surface area contributed by atoms with Crippen LogP contribution in [0.2, 0.25) is 10.0 Å². The molecular formula is C28H39Cl2N7O. The molecule has 8 nitrogen and oxygen atoms in total. The zero-order valence-electron chi connectivity index (χ0n) is 22.7. The maximum absolute atomic E-state index is 11.9. The first-order chi connectivity index (χ1) is 18.1. The van der Waals surface area contributed by atoms with E-state index >= 15 is 0 Å². The van der Waals surface area contributed by atoms with Crippen LogP contribution < -0.4 is 15.5 Å². The molecule has 2 aliphatic rings. The number of rotatable bonds is 10. The van der Waals surface area contributed by atoms with Crippen molar-refractivity contribution >= 4 is 46.5 Å². The molecule has 0 aliphatic carbocycles. The van der Waals surface area contributed by atoms with E-state index < -0.39 is 0 Å². The normalized spacial score (nSPS) is 19.2. The Morgan fingerprint density at radius 3 is 2.63 bits per heavy atom. The summed E-state index contributed by atoms with van der Waals surface area (Å²) in [6.45, 7) is 13.3. The number of hydrogen-bond donors (Lipinski definition) is 3. The number of halogens is 2. The van der Waals surface area contributed by atoms with Crippen molar-refractivity contribution in [2.45, 2.75) is 46.6 Å². The van der Waals surface area contributed by atoms with Crippen LogP contribution in [-0.2, 0) is 4.79 Å². The minimum Gasteiger partial charge on any atom is -0.362 e. The van der Waals surface area contributed by atoms with Crippen LogP contribution in [0.25, 0.3) is 0 Å². The van der Waals surface area contributed by atoms with Crippen molar-refractivity contribution in [3.63, 3.8) is 0 Å². The van der Waals surface area contributed by atoms with Gasteiger partial charge in [-0.1, -0.05) is 43.1 Å². The van der Waals surface area contributed by atoms with Crippen LogP contribution in [0.15, 0.2) is 24.4 Å². The summed E-state index contributed by atoms with van der Waals surface area (Å²) in [5.41, 5.74) is 1.80. The highest BCUT2D eigenvalue weighted by atomic mass is 35.5. The van der Waals surface area contributed by atoms with Crippen LogP contribution in [0.4, 0.5) is 11.6 Å². The molecule has 2 aliphatic heterocycles. The van der Waals surface area contributed by atoms with Gasteiger partial charge in [-0.3, -0.25) is 4.79 Å². The van der Waals surface area contributed by atoms with Crippen molar-refractivity contribution in [2.75, 3.05) is 49.5 Å². The quantitative estimate of drug-likeness (QED) is 0.343. The molecule has 1 aromatic heterocycles. The van der Waals surface area contributed by atoms with Gasteiger partial charge < -0.3 is 25.8 Å². The van der Waals surface area contributed by atoms with Crippen LogP contribution in [0, 0.1) is 23.2 Å². The van der Waals surface area contributed by atoms with E-state index in [4.69, 9.17) is 33.6 Å². The molecule has 0 saturated carbocycles. The Hall–Kier alpha value is -2.42. The Bertz CT molecular complexity index is 1150. The number of likely N-dealkylation sites (tertiary alicyclic amines) is 1. The fourth-order valence-electron chi connectivity index (χ4n) is 5.26. The van der Waals surface area contributed by atoms with Gasteiger partial charge in [0.1, 0.15) is 11.5 Å². The smallest absolute Gasteiger partial charge is 0.222 e. The number of carbonyl (C=O) groups excluding carboxylic acids is 1. The van der Waals surface area contributed by atoms with Crippen LogP contribution in [0.1, 0.15) is 57.8 Å². The predicted molar refractivity (Wildman–Crippen MR) is 156 cm³/mol. The van der Waals surface area contributed by atoms with E-state index in [0.29, 0.717) is 45.6 Å². The molecule has 2 aromatic rings. The van der Waals surface area contributed by atoms with Gasteiger partial charge in [0.2, 0.25) is 5.91 Å². The van der Waals surface area contributed by atoms with Crippen molar-refractivity contribution in [2.24, 2.45) is 17.8 Å². The fourth-order valence-corrected chi connectivity index (χ4v) is 5.83. The summed E-state index contributed by atoms with van der Waals surface area (Å²) in [6, 6.07) is 5.32. The molecule has 1 amide bonds. The predicted octanol–water partition coefficient (Wildman–Crippen LogP) is 5.26. The number of amides is 1. The summed E-state index contributed by atoms with van der Waals surface area (Å²) < 4.78 is 0. The summed E-state index contributed by atoms with van der Waals surface area (Å²) in [4.78, 5) is 26.1. The Kier molecular flexibility index (Phi) is 9.50. The van der Waals surface area contributed by atoms with Crippen LogP contribution >= 0.6 is 23.2 Å². The van der Waals surface area contributed by atoms with Gasteiger partial charge in [0.25, 0.3) is 0 Å². The lowest BCUT2D eigenvalue weighted by Gasteiger charge is -2.47. The number of benzene rings is 1. The minimum absolute atomic E-state index is 0.0271. The van der Waals surface area contributed by atoms with E-state index in [1.807, 2.05) is 32.9 Å². The topological polar surface area (TPSA) is 97.2 Å². The van der Waals surface area contributed by atoms with Crippen LogP contribution in [0.5, 0.6) is 0 Å². The molecule has 0 radical (unpaired) electrons. The van der Waals surface area contributed by atoms with Crippen molar-refractivity contribution in [3.05, 3.63) is 45.7 Å². The first kappa shape index (κ1) is 28.6. The zero-order valence-corrected chi connectivity index (χ0v) is 24.2. The highest BCUT2D eigenvalue weighted by molar-refractivity contribution is 6.35. The molecule has 2 saturated heterocycles. The summed E-state index contributed by atoms with van der Waals surface area (Å²) in [5.74, 6) is 2.84. The Balaban J connectivity index is 1.35. The third kappa shape index (κ3) is 6.96. The third-order valence-electron chi connectivity index (χ3n) is 7.59. The van der Waals surface area contributed by atoms with E-state index in [1.165, 1.54) is 12.8 Å². The molecule has 0 spiro atoms. The number of piperidine rings is 1. The lowest BCUT2D eigenvalue weighted by atomic mass is 9.80. The Labute approximate surface area is 236 Å². The van der Waals surface area contributed by atoms with Crippen LogP contribution in [-0.4, -0.2) is 65.8 Å². The number of anilines is 2. The molecule has 2 unspecified atom stereocenters. The number of carbonyl (C=O) groups is 1. The highest BCUT2D eigenvalue weighted by Crippen LogP contribution is 2.34. The maximum Gasteiger partial charge on any atom is 0.222 e. The second kappa shape index (κ2) is 12.6. The summed E-state index contributed by atoms with van der Waals surface area (Å²) in [5, 5.41) is 15.8. The monoisotopic (exact) mass is 559 g/mol. The molecular weight excluding hydrogens is 521 g/mol. The fraction of sp³-hybridized carbons (Fsp3) is 0.571. The summed E-state index contributed by atoms with van der Waals surface area (Å²) in [7, 11) is 0. The molecule has 2 fully saturated rings. The molecule has 0 bridgehead atoms. The first-order valence-corrected chi connectivity index (χ1v) is 14.3. The lowest BCUT2D eigenvalue weighted by Crippen LogP contribution is -2.54. The third-order valence-corrected chi connectivity index (χ3v) is 8.15. The van der Waals surface area contributed by atoms with Gasteiger partial charge in [0, 0.05) is 48.7 Å². The zero-order chi connectivity index (χ0) is 27.4. The Morgan fingerprint density at radius 2 is 1.95 bits per heavy atom. The Morgan fingerprint density at radius 1 is 1.18 bits per heavy atom. The first-order valence-electron chi connectivity index (χ1n) is 13.5. The van der Waals surface area contributed by atoms with Crippen molar-refractivity contribution < 1.29 is 4.79 Å². The number of nitrogens with one attached hydrogen (secondary N) is 3. The molecule has 10 heteroatoms. The molecule has 3 heterocycles. The number of nitrogens with zero attached hydrogens (tertiary/aromatic N) is 4. The van der Waals surface area contributed by atoms with Gasteiger partial charge in [0.15, 0.2) is 5.82 Å². The van der Waals surface area contributed by atoms with Gasteiger partial charge in [-0.2, -0.15) is 0 Å². The SMILES string of the molecule is CC(=N)c1ncc(N2CC(C3CCCN(CCNC(=O)C(C)C)C3)C2)nc1NC(C)c1ccc(Cl)cc1Cl. The van der Waals surface area contributed by atoms with Crippen molar-refractivity contribution in [3.8, 4) is 0 Å². The number of hydrogen-bond acceptors (Lipinski definition) is 7. The summed E-state index contributed by atoms with van der Waals surface area (Å²) >= 11 is 12.5. The van der Waals surface area contributed by atoms with Gasteiger partial charge >= 0.3 is 0 Å². The minimum atomic E-state index is -0.134. The summed E-state index contributed by atoms with van der Waals surface area (Å²) in [6.07, 6.45) is 4.22. The van der Waals surface area contributed by atoms with Crippen molar-refractivity contribution in [1.82, 2.24) is 20.2 Å². The standard InChI is InChI=1S/C28H39Cl2N7O/c1-17(2)28(38)32-9-11-36-10-5-6-20(14-36)21-15-37(16-21)25-13-33-26(18(3)31)27(35-25)34-19(4)23-8-7-22(29)12-24(23)30/h7-8,12-13,17,19-21,31H,5-6,9-11,14-16H2,1-4H3,(H,32,38)(H,34,35). The maximum atomic E-state index is 11.9. The van der Waals surface area contributed by atoms with Gasteiger partial charge in [-0.15, -0.1) is 0 Å². The largest absolute Gasteiger partial charge is 0.362 e. The van der Waals surface area contributed by atoms with E-state index in [1.54, 1.807) is 19.2 Å². The molecule has 4 rings (SSSR count). The number of aromatic nitrogens is 2. The molecule has 38 heavy (non-hydrogen) atoms. The van der Waals surface area contributed by atoms with E-state index in [2.05, 4.69) is 25.4 Å². The van der Waals surface area contributed by atoms with E-state index in [-0.39, 0.29) is 17.9 Å². The highest BCUT2D eigenvalue weighted by Gasteiger charge is 2.36. The molecule has 206 valence electrons. The average molecular weight is 561 g/mol. The van der Waals surface area contributed by atoms with E-state index in [9.17, 15) is 4.79 Å². The molecule has 1 aromatic carbocycles. The van der Waals surface area contributed by atoms with Crippen molar-refractivity contribution in [1.29, 1.82) is 5.41 Å².